The first-order chi connectivity index (χ1) is 15.8. The van der Waals surface area contributed by atoms with E-state index in [0.717, 1.165) is 48.1 Å². The van der Waals surface area contributed by atoms with Crippen molar-refractivity contribution < 1.29 is 9.53 Å². The van der Waals surface area contributed by atoms with Gasteiger partial charge in [0.15, 0.2) is 0 Å². The second-order valence-corrected chi connectivity index (χ2v) is 10.1. The fourth-order valence-electron chi connectivity index (χ4n) is 4.48. The molecule has 33 heavy (non-hydrogen) atoms. The smallest absolute Gasteiger partial charge is 0.407 e. The molecule has 0 aliphatic heterocycles. The van der Waals surface area contributed by atoms with Crippen molar-refractivity contribution in [1.29, 1.82) is 0 Å². The third-order valence-corrected chi connectivity index (χ3v) is 6.32. The third-order valence-electron chi connectivity index (χ3n) is 6.07. The summed E-state index contributed by atoms with van der Waals surface area (Å²) in [6, 6.07) is 11.9. The minimum Gasteiger partial charge on any atom is -0.444 e. The molecule has 0 saturated heterocycles. The number of hydrogen-bond acceptors (Lipinski definition) is 4. The number of pyridine rings is 1. The van der Waals surface area contributed by atoms with Crippen LogP contribution in [0.2, 0.25) is 5.02 Å². The zero-order chi connectivity index (χ0) is 23.4. The maximum absolute atomic E-state index is 12.0. The largest absolute Gasteiger partial charge is 0.444 e. The van der Waals surface area contributed by atoms with Crippen LogP contribution in [0.15, 0.2) is 48.8 Å². The third kappa shape index (κ3) is 5.93. The Labute approximate surface area is 200 Å². The molecule has 174 valence electrons. The first-order valence-corrected chi connectivity index (χ1v) is 11.9. The zero-order valence-corrected chi connectivity index (χ0v) is 20.2. The quantitative estimate of drug-likeness (QED) is 0.444. The number of benzene rings is 1. The lowest BCUT2D eigenvalue weighted by Crippen LogP contribution is -2.36. The van der Waals surface area contributed by atoms with Gasteiger partial charge in [-0.2, -0.15) is 5.10 Å². The lowest BCUT2D eigenvalue weighted by molar-refractivity contribution is 0.0514. The number of alkyl carbamates (subject to hydrolysis) is 1. The van der Waals surface area contributed by atoms with Crippen LogP contribution in [-0.2, 0) is 4.74 Å². The number of carbonyl (C=O) groups excluding carboxylic acids is 1. The van der Waals surface area contributed by atoms with Gasteiger partial charge in [0.05, 0.1) is 0 Å². The number of nitrogens with one attached hydrogen (secondary N) is 2. The van der Waals surface area contributed by atoms with E-state index in [-0.39, 0.29) is 6.09 Å². The van der Waals surface area contributed by atoms with Crippen LogP contribution < -0.4 is 5.32 Å². The summed E-state index contributed by atoms with van der Waals surface area (Å²) in [6.07, 6.45) is 7.47. The predicted molar refractivity (Wildman–Crippen MR) is 131 cm³/mol. The lowest BCUT2D eigenvalue weighted by atomic mass is 9.78. The van der Waals surface area contributed by atoms with Crippen molar-refractivity contribution in [3.05, 3.63) is 59.5 Å². The molecule has 0 bridgehead atoms. The van der Waals surface area contributed by atoms with Gasteiger partial charge in [-0.15, -0.1) is 0 Å². The molecular weight excluding hydrogens is 436 g/mol. The Morgan fingerprint density at radius 3 is 2.36 bits per heavy atom. The van der Waals surface area contributed by atoms with Crippen LogP contribution in [0.25, 0.3) is 22.4 Å². The van der Waals surface area contributed by atoms with E-state index in [1.165, 1.54) is 5.69 Å². The van der Waals surface area contributed by atoms with Gasteiger partial charge in [0.2, 0.25) is 0 Å². The van der Waals surface area contributed by atoms with Crippen LogP contribution in [0.4, 0.5) is 4.79 Å². The van der Waals surface area contributed by atoms with Crippen molar-refractivity contribution in [3.8, 4) is 22.4 Å². The summed E-state index contributed by atoms with van der Waals surface area (Å²) < 4.78 is 5.36. The molecule has 0 spiro atoms. The Morgan fingerprint density at radius 1 is 1.06 bits per heavy atom. The predicted octanol–water partition coefficient (Wildman–Crippen LogP) is 6.59. The Hall–Kier alpha value is -2.86. The number of carbonyl (C=O) groups is 1. The average molecular weight is 467 g/mol. The van der Waals surface area contributed by atoms with Gasteiger partial charge in [0.1, 0.15) is 11.3 Å². The Kier molecular flexibility index (Phi) is 7.03. The monoisotopic (exact) mass is 466 g/mol. The Balaban J connectivity index is 1.49. The van der Waals surface area contributed by atoms with Crippen molar-refractivity contribution in [3.63, 3.8) is 0 Å². The number of hydrogen-bond donors (Lipinski definition) is 2. The molecular formula is C26H31ClN4O2. The van der Waals surface area contributed by atoms with E-state index in [0.29, 0.717) is 23.4 Å². The van der Waals surface area contributed by atoms with Crippen LogP contribution >= 0.6 is 11.6 Å². The SMILES string of the molecule is CC(C)(C)OC(=O)NC[C@H]1CC[C@H](c2[nH]nc(-c3ccc(Cl)cc3)c2-c2ccncc2)CC1. The van der Waals surface area contributed by atoms with E-state index in [2.05, 4.69) is 15.4 Å². The van der Waals surface area contributed by atoms with E-state index in [1.807, 2.05) is 69.6 Å². The molecule has 2 N–H and O–H groups in total. The normalized spacial score (nSPS) is 18.7. The highest BCUT2D eigenvalue weighted by molar-refractivity contribution is 6.30. The number of halogens is 1. The van der Waals surface area contributed by atoms with Crippen LogP contribution in [0.5, 0.6) is 0 Å². The van der Waals surface area contributed by atoms with E-state index in [4.69, 9.17) is 21.4 Å². The van der Waals surface area contributed by atoms with Gasteiger partial charge in [0.25, 0.3) is 0 Å². The lowest BCUT2D eigenvalue weighted by Gasteiger charge is -2.29. The number of rotatable bonds is 5. The minimum absolute atomic E-state index is 0.342. The Bertz CT molecular complexity index is 1070. The van der Waals surface area contributed by atoms with Gasteiger partial charge in [-0.3, -0.25) is 10.1 Å². The number of aromatic nitrogens is 3. The number of aromatic amines is 1. The molecule has 1 aliphatic carbocycles. The molecule has 1 aliphatic rings. The molecule has 0 unspecified atom stereocenters. The molecule has 6 nitrogen and oxygen atoms in total. The van der Waals surface area contributed by atoms with E-state index < -0.39 is 5.60 Å². The maximum atomic E-state index is 12.0. The summed E-state index contributed by atoms with van der Waals surface area (Å²) in [7, 11) is 0. The van der Waals surface area contributed by atoms with E-state index in [9.17, 15) is 4.79 Å². The van der Waals surface area contributed by atoms with Crippen molar-refractivity contribution in [1.82, 2.24) is 20.5 Å². The molecule has 4 rings (SSSR count). The zero-order valence-electron chi connectivity index (χ0n) is 19.4. The highest BCUT2D eigenvalue weighted by atomic mass is 35.5. The van der Waals surface area contributed by atoms with Crippen molar-refractivity contribution in [2.24, 2.45) is 5.92 Å². The molecule has 7 heteroatoms. The van der Waals surface area contributed by atoms with Crippen LogP contribution in [0.1, 0.15) is 58.1 Å². The maximum Gasteiger partial charge on any atom is 0.407 e. The summed E-state index contributed by atoms with van der Waals surface area (Å²) in [5.74, 6) is 0.844. The minimum atomic E-state index is -0.479. The molecule has 3 aromatic rings. The van der Waals surface area contributed by atoms with E-state index >= 15 is 0 Å². The molecule has 1 saturated carbocycles. The number of nitrogens with zero attached hydrogens (tertiary/aromatic N) is 2. The van der Waals surface area contributed by atoms with Crippen LogP contribution in [-0.4, -0.2) is 33.4 Å². The molecule has 0 atom stereocenters. The first kappa shape index (κ1) is 23.3. The van der Waals surface area contributed by atoms with Gasteiger partial charge < -0.3 is 10.1 Å². The van der Waals surface area contributed by atoms with Crippen LogP contribution in [0.3, 0.4) is 0 Å². The standard InChI is InChI=1S/C26H31ClN4O2/c1-26(2,3)33-25(32)29-16-17-4-6-19(7-5-17)23-22(18-12-14-28-15-13-18)24(31-30-23)20-8-10-21(27)11-9-20/h8-15,17,19H,4-7,16H2,1-3H3,(H,29,32)(H,30,31)/t17-,19-. The number of ether oxygens (including phenoxy) is 1. The highest BCUT2D eigenvalue weighted by Crippen LogP contribution is 2.42. The second-order valence-electron chi connectivity index (χ2n) is 9.70. The van der Waals surface area contributed by atoms with Crippen molar-refractivity contribution in [2.75, 3.05) is 6.54 Å². The number of amides is 1. The van der Waals surface area contributed by atoms with Gasteiger partial charge in [-0.05, 0) is 82.2 Å². The van der Waals surface area contributed by atoms with Gasteiger partial charge in [0, 0.05) is 46.7 Å². The summed E-state index contributed by atoms with van der Waals surface area (Å²) >= 11 is 6.10. The second kappa shape index (κ2) is 9.96. The summed E-state index contributed by atoms with van der Waals surface area (Å²) in [5.41, 5.74) is 4.89. The number of H-pyrrole nitrogens is 1. The topological polar surface area (TPSA) is 79.9 Å². The van der Waals surface area contributed by atoms with Gasteiger partial charge in [-0.1, -0.05) is 23.7 Å². The summed E-state index contributed by atoms with van der Waals surface area (Å²) in [4.78, 5) is 16.2. The van der Waals surface area contributed by atoms with E-state index in [1.54, 1.807) is 0 Å². The molecule has 2 aromatic heterocycles. The highest BCUT2D eigenvalue weighted by Gasteiger charge is 2.28. The fraction of sp³-hybridized carbons (Fsp3) is 0.423. The molecule has 1 amide bonds. The van der Waals surface area contributed by atoms with Gasteiger partial charge in [-0.25, -0.2) is 4.79 Å². The van der Waals surface area contributed by atoms with Crippen molar-refractivity contribution >= 4 is 17.7 Å². The molecule has 0 radical (unpaired) electrons. The van der Waals surface area contributed by atoms with Gasteiger partial charge >= 0.3 is 6.09 Å². The first-order valence-electron chi connectivity index (χ1n) is 11.5. The molecule has 1 fully saturated rings. The average Bonchev–Trinajstić information content (AvgIpc) is 3.23. The summed E-state index contributed by atoms with van der Waals surface area (Å²) in [5, 5.41) is 11.7. The fourth-order valence-corrected chi connectivity index (χ4v) is 4.60. The van der Waals surface area contributed by atoms with Crippen molar-refractivity contribution in [2.45, 2.75) is 58.0 Å². The molecule has 1 aromatic carbocycles. The Morgan fingerprint density at radius 2 is 1.73 bits per heavy atom. The summed E-state index contributed by atoms with van der Waals surface area (Å²) in [6.45, 7) is 6.28. The van der Waals surface area contributed by atoms with Crippen LogP contribution in [0, 0.1) is 5.92 Å². The molecule has 2 heterocycles.